The second-order valence-electron chi connectivity index (χ2n) is 7.36. The lowest BCUT2D eigenvalue weighted by atomic mass is 10.0. The molecule has 2 aromatic carbocycles. The Bertz CT molecular complexity index is 1170. The number of nitrogens with zero attached hydrogens (tertiary/aromatic N) is 1. The molecule has 0 spiro atoms. The first-order valence-corrected chi connectivity index (χ1v) is 11.1. The molecule has 1 aromatic heterocycles. The maximum atomic E-state index is 13.4. The van der Waals surface area contributed by atoms with Crippen LogP contribution < -0.4 is 9.62 Å². The highest BCUT2D eigenvalue weighted by Gasteiger charge is 2.30. The molecule has 4 N–H and O–H groups in total. The smallest absolute Gasteiger partial charge is 0.369 e. The van der Waals surface area contributed by atoms with Gasteiger partial charge in [-0.1, -0.05) is 0 Å². The fourth-order valence-corrected chi connectivity index (χ4v) is 4.65. The van der Waals surface area contributed by atoms with Crippen LogP contribution >= 0.6 is 0 Å². The number of fused-ring (bicyclic) bond motifs is 2. The Hall–Kier alpha value is -2.79. The van der Waals surface area contributed by atoms with Gasteiger partial charge in [-0.05, 0) is 55.2 Å². The van der Waals surface area contributed by atoms with Gasteiger partial charge in [0, 0.05) is 29.8 Å². The van der Waals surface area contributed by atoms with Crippen molar-refractivity contribution in [3.05, 3.63) is 53.3 Å². The molecule has 10 heteroatoms. The molecule has 0 aliphatic carbocycles. The highest BCUT2D eigenvalue weighted by Crippen LogP contribution is 2.39. The molecular weight excluding hydrogens is 427 g/mol. The van der Waals surface area contributed by atoms with Crippen LogP contribution in [0.2, 0.25) is 0 Å². The van der Waals surface area contributed by atoms with Crippen molar-refractivity contribution in [2.75, 3.05) is 17.1 Å². The fraction of sp³-hybridized carbons (Fsp3) is 0.286. The molecule has 3 aromatic rings. The Morgan fingerprint density at radius 3 is 2.55 bits per heavy atom. The predicted molar refractivity (Wildman–Crippen MR) is 113 cm³/mol. The zero-order chi connectivity index (χ0) is 22.3. The first-order valence-electron chi connectivity index (χ1n) is 9.60. The second kappa shape index (κ2) is 8.04. The van der Waals surface area contributed by atoms with Crippen LogP contribution in [0.25, 0.3) is 22.3 Å². The van der Waals surface area contributed by atoms with Crippen LogP contribution in [0.5, 0.6) is 0 Å². The minimum Gasteiger partial charge on any atom is -0.455 e. The quantitative estimate of drug-likeness (QED) is 0.453. The zero-order valence-corrected chi connectivity index (χ0v) is 17.4. The van der Waals surface area contributed by atoms with Crippen LogP contribution in [0.3, 0.4) is 0 Å². The molecule has 0 bridgehead atoms. The number of furan rings is 1. The molecular formula is C21H21FN2O6S. The fourth-order valence-electron chi connectivity index (χ4n) is 3.81. The van der Waals surface area contributed by atoms with Crippen molar-refractivity contribution in [2.45, 2.75) is 25.4 Å². The number of halogens is 1. The highest BCUT2D eigenvalue weighted by molar-refractivity contribution is 7.85. The average molecular weight is 448 g/mol. The third kappa shape index (κ3) is 4.33. The molecule has 0 radical (unpaired) electrons. The molecule has 1 aliphatic rings. The van der Waals surface area contributed by atoms with Crippen LogP contribution in [0.4, 0.5) is 10.1 Å². The SMILES string of the molecule is CS(=O)N1CCCCc2cc3c(C(=O)NC(O)(O)O)c(-c4ccc(F)cc4)oc3cc21. The minimum atomic E-state index is -3.43. The van der Waals surface area contributed by atoms with Gasteiger partial charge in [0.1, 0.15) is 28.1 Å². The van der Waals surface area contributed by atoms with E-state index in [0.717, 1.165) is 24.1 Å². The van der Waals surface area contributed by atoms with E-state index in [2.05, 4.69) is 0 Å². The topological polar surface area (TPSA) is 123 Å². The minimum absolute atomic E-state index is 0.0423. The van der Waals surface area contributed by atoms with Gasteiger partial charge in [-0.15, -0.1) is 0 Å². The third-order valence-electron chi connectivity index (χ3n) is 5.14. The van der Waals surface area contributed by atoms with E-state index in [1.165, 1.54) is 24.3 Å². The van der Waals surface area contributed by atoms with Gasteiger partial charge in [-0.3, -0.25) is 14.4 Å². The van der Waals surface area contributed by atoms with Crippen LogP contribution in [0.15, 0.2) is 40.8 Å². The van der Waals surface area contributed by atoms with Crippen molar-refractivity contribution in [1.82, 2.24) is 5.32 Å². The molecule has 31 heavy (non-hydrogen) atoms. The summed E-state index contributed by atoms with van der Waals surface area (Å²) < 4.78 is 33.4. The summed E-state index contributed by atoms with van der Waals surface area (Å²) in [6.07, 6.45) is 0.576. The van der Waals surface area contributed by atoms with Gasteiger partial charge < -0.3 is 19.7 Å². The van der Waals surface area contributed by atoms with Gasteiger partial charge >= 0.3 is 6.10 Å². The molecule has 0 saturated carbocycles. The van der Waals surface area contributed by atoms with Crippen molar-refractivity contribution < 1.29 is 33.1 Å². The maximum Gasteiger partial charge on any atom is 0.369 e. The monoisotopic (exact) mass is 448 g/mol. The maximum absolute atomic E-state index is 13.4. The molecule has 1 unspecified atom stereocenters. The normalized spacial score (nSPS) is 15.5. The van der Waals surface area contributed by atoms with Gasteiger partial charge in [0.05, 0.1) is 11.3 Å². The van der Waals surface area contributed by atoms with E-state index in [0.29, 0.717) is 29.5 Å². The van der Waals surface area contributed by atoms with E-state index in [1.54, 1.807) is 28.0 Å². The highest BCUT2D eigenvalue weighted by atomic mass is 32.2. The number of carbonyl (C=O) groups excluding carboxylic acids is 1. The van der Waals surface area contributed by atoms with Gasteiger partial charge in [-0.25, -0.2) is 8.60 Å². The Morgan fingerprint density at radius 1 is 1.19 bits per heavy atom. The molecule has 4 rings (SSSR count). The Balaban J connectivity index is 1.95. The van der Waals surface area contributed by atoms with Crippen LogP contribution in [0.1, 0.15) is 28.8 Å². The van der Waals surface area contributed by atoms with Crippen LogP contribution in [-0.2, 0) is 17.4 Å². The number of anilines is 1. The van der Waals surface area contributed by atoms with Crippen molar-refractivity contribution in [3.63, 3.8) is 0 Å². The number of aryl methyl sites for hydroxylation is 1. The van der Waals surface area contributed by atoms with E-state index in [9.17, 15) is 28.7 Å². The molecule has 8 nitrogen and oxygen atoms in total. The van der Waals surface area contributed by atoms with E-state index in [-0.39, 0.29) is 11.3 Å². The summed E-state index contributed by atoms with van der Waals surface area (Å²) in [6, 6.07) is 8.70. The first kappa shape index (κ1) is 21.4. The third-order valence-corrected chi connectivity index (χ3v) is 6.14. The molecule has 164 valence electrons. The molecule has 1 aliphatic heterocycles. The lowest BCUT2D eigenvalue weighted by Crippen LogP contribution is -2.48. The number of rotatable bonds is 4. The zero-order valence-electron chi connectivity index (χ0n) is 16.6. The molecule has 1 amide bonds. The number of hydrogen-bond acceptors (Lipinski definition) is 6. The van der Waals surface area contributed by atoms with Crippen LogP contribution in [-0.4, -0.2) is 44.3 Å². The van der Waals surface area contributed by atoms with E-state index in [4.69, 9.17) is 4.42 Å². The van der Waals surface area contributed by atoms with E-state index < -0.39 is 28.8 Å². The van der Waals surface area contributed by atoms with Gasteiger partial charge in [0.15, 0.2) is 0 Å². The lowest BCUT2D eigenvalue weighted by molar-refractivity contribution is -0.323. The average Bonchev–Trinajstić information content (AvgIpc) is 2.91. The van der Waals surface area contributed by atoms with Gasteiger partial charge in [-0.2, -0.15) is 0 Å². The number of hydrogen-bond donors (Lipinski definition) is 4. The number of carbonyl (C=O) groups is 1. The molecule has 2 heterocycles. The number of benzene rings is 2. The second-order valence-corrected chi connectivity index (χ2v) is 8.65. The number of nitrogens with one attached hydrogen (secondary N) is 1. The lowest BCUT2D eigenvalue weighted by Gasteiger charge is -2.21. The van der Waals surface area contributed by atoms with Crippen molar-refractivity contribution >= 4 is 33.5 Å². The summed E-state index contributed by atoms with van der Waals surface area (Å²) in [6.45, 7) is 0.614. The first-order chi connectivity index (χ1) is 14.6. The Kier molecular flexibility index (Phi) is 5.56. The van der Waals surface area contributed by atoms with Crippen molar-refractivity contribution in [2.24, 2.45) is 0 Å². The van der Waals surface area contributed by atoms with Crippen molar-refractivity contribution in [3.8, 4) is 11.3 Å². The predicted octanol–water partition coefficient (Wildman–Crippen LogP) is 1.99. The van der Waals surface area contributed by atoms with E-state index >= 15 is 0 Å². The summed E-state index contributed by atoms with van der Waals surface area (Å²) in [4.78, 5) is 12.8. The summed E-state index contributed by atoms with van der Waals surface area (Å²) in [5.41, 5.74) is 2.25. The Morgan fingerprint density at radius 2 is 1.90 bits per heavy atom. The molecule has 1 atom stereocenters. The Labute approximate surface area is 179 Å². The summed E-state index contributed by atoms with van der Waals surface area (Å²) in [5, 5.41) is 29.8. The summed E-state index contributed by atoms with van der Waals surface area (Å²) >= 11 is 0. The summed E-state index contributed by atoms with van der Waals surface area (Å²) in [7, 11) is -1.26. The van der Waals surface area contributed by atoms with Crippen LogP contribution in [0, 0.1) is 5.82 Å². The summed E-state index contributed by atoms with van der Waals surface area (Å²) in [5.74, 6) is -1.39. The molecule has 0 saturated heterocycles. The number of aliphatic hydroxyl groups is 3. The van der Waals surface area contributed by atoms with Gasteiger partial charge in [0.25, 0.3) is 5.91 Å². The van der Waals surface area contributed by atoms with E-state index in [1.807, 2.05) is 0 Å². The number of amides is 1. The largest absolute Gasteiger partial charge is 0.455 e. The molecule has 0 fully saturated rings. The standard InChI is InChI=1S/C21H21FN2O6S/c1-31(29)24-9-3-2-4-13-10-15-17(11-16(13)24)30-19(12-5-7-14(22)8-6-12)18(15)20(25)23-21(26,27)28/h5-8,10-11,26-28H,2-4,9H2,1H3,(H,23,25). The van der Waals surface area contributed by atoms with Crippen molar-refractivity contribution in [1.29, 1.82) is 0 Å². The van der Waals surface area contributed by atoms with Gasteiger partial charge in [0.2, 0.25) is 0 Å².